The molecule has 6 rings (SSSR count). The third-order valence-electron chi connectivity index (χ3n) is 6.27. The summed E-state index contributed by atoms with van der Waals surface area (Å²) in [7, 11) is -2.70. The normalized spacial score (nSPS) is 12.4. The van der Waals surface area contributed by atoms with Gasteiger partial charge >= 0.3 is 5.51 Å². The average Bonchev–Trinajstić information content (AvgIpc) is 2.89. The summed E-state index contributed by atoms with van der Waals surface area (Å²) in [5.74, 6) is 0.866. The fourth-order valence-corrected chi connectivity index (χ4v) is 4.62. The molecule has 0 fully saturated rings. The molecule has 7 nitrogen and oxygen atoms in total. The Kier molecular flexibility index (Phi) is 6.59. The Morgan fingerprint density at radius 3 is 2.35 bits per heavy atom. The standard InChI is InChI=1S/C26H17F2N2O2.CHF3O3S/c1-30-20-12-14(16-6-4-10-29-26(16)31-2)11-19(28)23(20)17-5-3-7-22-24(17)25(30)18-13-15(27)8-9-21(18)32-22;2-1(3,4)8(5,6)7/h3-13H,1-2H3;(H,5,6,7)/q+1;/p-1. The van der Waals surface area contributed by atoms with Crippen LogP contribution in [0.1, 0.15) is 0 Å². The number of nitrogens with zero attached hydrogens (tertiary/aromatic N) is 2. The highest BCUT2D eigenvalue weighted by molar-refractivity contribution is 7.86. The predicted molar refractivity (Wildman–Crippen MR) is 134 cm³/mol. The van der Waals surface area contributed by atoms with Crippen LogP contribution in [0.15, 0.2) is 66.9 Å². The number of fused-ring (bicyclic) bond motifs is 4. The van der Waals surface area contributed by atoms with Gasteiger partial charge in [-0.3, -0.25) is 0 Å². The van der Waals surface area contributed by atoms with Gasteiger partial charge in [0, 0.05) is 23.2 Å². The van der Waals surface area contributed by atoms with Crippen molar-refractivity contribution in [2.24, 2.45) is 7.05 Å². The van der Waals surface area contributed by atoms with E-state index in [1.54, 1.807) is 18.3 Å². The molecule has 40 heavy (non-hydrogen) atoms. The van der Waals surface area contributed by atoms with Crippen molar-refractivity contribution in [3.05, 3.63) is 78.5 Å². The van der Waals surface area contributed by atoms with Gasteiger partial charge in [-0.2, -0.15) is 17.7 Å². The zero-order valence-corrected chi connectivity index (χ0v) is 21.4. The van der Waals surface area contributed by atoms with Gasteiger partial charge in [-0.1, -0.05) is 12.1 Å². The summed E-state index contributed by atoms with van der Waals surface area (Å²) in [6, 6.07) is 17.0. The van der Waals surface area contributed by atoms with Crippen LogP contribution >= 0.6 is 0 Å². The molecule has 3 aromatic carbocycles. The fraction of sp³-hybridized carbons (Fsp3) is 0.111. The summed E-state index contributed by atoms with van der Waals surface area (Å²) in [6.07, 6.45) is 1.63. The number of methoxy groups -OCH3 is 1. The Labute approximate surface area is 223 Å². The smallest absolute Gasteiger partial charge is 0.485 e. The average molecular weight is 576 g/mol. The number of rotatable bonds is 2. The molecule has 0 spiro atoms. The van der Waals surface area contributed by atoms with Gasteiger partial charge in [0.2, 0.25) is 17.1 Å². The number of aromatic nitrogens is 2. The molecule has 5 aromatic rings. The first-order valence-electron chi connectivity index (χ1n) is 11.4. The molecule has 206 valence electrons. The van der Waals surface area contributed by atoms with Crippen molar-refractivity contribution in [3.63, 3.8) is 0 Å². The van der Waals surface area contributed by atoms with E-state index in [2.05, 4.69) is 4.98 Å². The van der Waals surface area contributed by atoms with Crippen LogP contribution in [0.25, 0.3) is 44.1 Å². The number of hydrogen-bond acceptors (Lipinski definition) is 6. The molecule has 0 aliphatic carbocycles. The van der Waals surface area contributed by atoms with Gasteiger partial charge in [-0.05, 0) is 48.0 Å². The molecule has 3 heterocycles. The second-order valence-electron chi connectivity index (χ2n) is 8.64. The van der Waals surface area contributed by atoms with Gasteiger partial charge in [0.05, 0.1) is 23.4 Å². The predicted octanol–water partition coefficient (Wildman–Crippen LogP) is 5.99. The molecule has 0 N–H and O–H groups in total. The SMILES string of the molecule is COc1ncccc1-c1cc(F)c2c3cccc4c3c([n+](C)c2c1)-c1cc(F)ccc1O4.O=S(=O)([O-])C(F)(F)F. The largest absolute Gasteiger partial charge is 0.741 e. The lowest BCUT2D eigenvalue weighted by atomic mass is 9.94. The first-order valence-corrected chi connectivity index (χ1v) is 12.8. The number of benzene rings is 3. The van der Waals surface area contributed by atoms with Crippen molar-refractivity contribution in [1.29, 1.82) is 0 Å². The van der Waals surface area contributed by atoms with Crippen LogP contribution in [0.2, 0.25) is 0 Å². The van der Waals surface area contributed by atoms with Crippen molar-refractivity contribution in [2.75, 3.05) is 7.11 Å². The quantitative estimate of drug-likeness (QED) is 0.0827. The molecule has 2 aromatic heterocycles. The Morgan fingerprint density at radius 1 is 0.950 bits per heavy atom. The highest BCUT2D eigenvalue weighted by Crippen LogP contribution is 2.47. The van der Waals surface area contributed by atoms with E-state index in [0.717, 1.165) is 11.1 Å². The highest BCUT2D eigenvalue weighted by Gasteiger charge is 2.37. The molecule has 0 unspecified atom stereocenters. The minimum atomic E-state index is -6.09. The lowest BCUT2D eigenvalue weighted by Gasteiger charge is -2.20. The van der Waals surface area contributed by atoms with E-state index >= 15 is 4.39 Å². The van der Waals surface area contributed by atoms with Crippen LogP contribution in [0.4, 0.5) is 22.0 Å². The Hall–Kier alpha value is -4.36. The number of hydrogen-bond donors (Lipinski definition) is 0. The van der Waals surface area contributed by atoms with Crippen molar-refractivity contribution < 1.29 is 49.0 Å². The summed E-state index contributed by atoms with van der Waals surface area (Å²) in [5, 5.41) is 1.94. The van der Waals surface area contributed by atoms with Gasteiger partial charge in [0.25, 0.3) is 0 Å². The zero-order chi connectivity index (χ0) is 29.0. The first-order chi connectivity index (χ1) is 18.8. The zero-order valence-electron chi connectivity index (χ0n) is 20.6. The maximum Gasteiger partial charge on any atom is 0.485 e. The minimum absolute atomic E-state index is 0.361. The van der Waals surface area contributed by atoms with E-state index in [0.29, 0.717) is 50.4 Å². The number of ether oxygens (including phenoxy) is 2. The van der Waals surface area contributed by atoms with Crippen LogP contribution in [-0.2, 0) is 17.2 Å². The number of halogens is 5. The van der Waals surface area contributed by atoms with E-state index in [4.69, 9.17) is 22.4 Å². The lowest BCUT2D eigenvalue weighted by Crippen LogP contribution is -2.33. The number of alkyl halides is 3. The summed E-state index contributed by atoms with van der Waals surface area (Å²) < 4.78 is 102. The molecule has 0 saturated heterocycles. The van der Waals surface area contributed by atoms with Gasteiger partial charge in [0.15, 0.2) is 10.1 Å². The maximum atomic E-state index is 15.6. The third kappa shape index (κ3) is 4.56. The molecule has 13 heteroatoms. The molecule has 0 radical (unpaired) electrons. The molecule has 0 amide bonds. The topological polar surface area (TPSA) is 92.4 Å². The number of pyridine rings is 2. The fourth-order valence-electron chi connectivity index (χ4n) is 4.62. The molecular formula is C27H17F5N2O5S. The Morgan fingerprint density at radius 2 is 1.68 bits per heavy atom. The molecule has 1 aliphatic rings. The summed E-state index contributed by atoms with van der Waals surface area (Å²) in [4.78, 5) is 4.24. The van der Waals surface area contributed by atoms with Crippen molar-refractivity contribution in [1.82, 2.24) is 4.98 Å². The first kappa shape index (κ1) is 27.2. The van der Waals surface area contributed by atoms with E-state index in [-0.39, 0.29) is 11.6 Å². The summed E-state index contributed by atoms with van der Waals surface area (Å²) >= 11 is 0. The Balaban J connectivity index is 0.000000355. The molecule has 1 aliphatic heterocycles. The monoisotopic (exact) mass is 576 g/mol. The van der Waals surface area contributed by atoms with Crippen molar-refractivity contribution >= 4 is 31.8 Å². The molecular weight excluding hydrogens is 559 g/mol. The van der Waals surface area contributed by atoms with Gasteiger partial charge in [0.1, 0.15) is 30.2 Å². The van der Waals surface area contributed by atoms with Crippen LogP contribution in [0.5, 0.6) is 17.4 Å². The van der Waals surface area contributed by atoms with Gasteiger partial charge in [-0.25, -0.2) is 22.2 Å². The van der Waals surface area contributed by atoms with Crippen LogP contribution in [0, 0.1) is 11.6 Å². The lowest BCUT2D eigenvalue weighted by molar-refractivity contribution is -0.632. The van der Waals surface area contributed by atoms with Crippen LogP contribution < -0.4 is 14.0 Å². The van der Waals surface area contributed by atoms with E-state index in [1.165, 1.54) is 25.3 Å². The summed E-state index contributed by atoms with van der Waals surface area (Å²) in [6.45, 7) is 0. The molecule has 0 saturated carbocycles. The maximum absolute atomic E-state index is 15.6. The molecule has 0 bridgehead atoms. The van der Waals surface area contributed by atoms with Crippen LogP contribution in [0.3, 0.4) is 0 Å². The van der Waals surface area contributed by atoms with Crippen molar-refractivity contribution in [2.45, 2.75) is 5.51 Å². The van der Waals surface area contributed by atoms with Crippen molar-refractivity contribution in [3.8, 4) is 39.8 Å². The number of aryl methyl sites for hydroxylation is 1. The third-order valence-corrected chi connectivity index (χ3v) is 6.84. The minimum Gasteiger partial charge on any atom is -0.741 e. The van der Waals surface area contributed by atoms with Gasteiger partial charge < -0.3 is 14.0 Å². The van der Waals surface area contributed by atoms with E-state index < -0.39 is 15.6 Å². The summed E-state index contributed by atoms with van der Waals surface area (Å²) in [5.41, 5.74) is -2.24. The molecule has 0 atom stereocenters. The second-order valence-corrected chi connectivity index (χ2v) is 10.0. The highest BCUT2D eigenvalue weighted by atomic mass is 32.2. The van der Waals surface area contributed by atoms with E-state index in [1.807, 2.05) is 41.9 Å². The van der Waals surface area contributed by atoms with Crippen LogP contribution in [-0.4, -0.2) is 30.6 Å². The van der Waals surface area contributed by atoms with E-state index in [9.17, 15) is 17.6 Å². The Bertz CT molecular complexity index is 1930. The van der Waals surface area contributed by atoms with Gasteiger partial charge in [-0.15, -0.1) is 0 Å². The second kappa shape index (κ2) is 9.68.